The van der Waals surface area contributed by atoms with E-state index in [9.17, 15) is 4.79 Å². The minimum absolute atomic E-state index is 0.282. The van der Waals surface area contributed by atoms with Gasteiger partial charge in [0.2, 0.25) is 0 Å². The van der Waals surface area contributed by atoms with E-state index in [2.05, 4.69) is 11.8 Å². The van der Waals surface area contributed by atoms with E-state index in [1.807, 2.05) is 0 Å². The van der Waals surface area contributed by atoms with E-state index < -0.39 is 5.97 Å². The first-order valence-corrected chi connectivity index (χ1v) is 8.70. The Morgan fingerprint density at radius 1 is 0.950 bits per heavy atom. The number of hydrogen-bond donors (Lipinski definition) is 1. The van der Waals surface area contributed by atoms with Crippen molar-refractivity contribution in [3.8, 4) is 0 Å². The first-order valence-electron chi connectivity index (χ1n) is 8.70. The molecule has 0 radical (unpaired) electrons. The third-order valence-electron chi connectivity index (χ3n) is 4.61. The van der Waals surface area contributed by atoms with E-state index in [4.69, 9.17) is 5.11 Å². The van der Waals surface area contributed by atoms with Crippen LogP contribution in [0.5, 0.6) is 0 Å². The van der Waals surface area contributed by atoms with E-state index in [-0.39, 0.29) is 6.42 Å². The summed E-state index contributed by atoms with van der Waals surface area (Å²) in [6.07, 6.45) is 15.1. The molecular formula is C17H33NO2. The fourth-order valence-electron chi connectivity index (χ4n) is 3.34. The molecule has 0 aromatic carbocycles. The zero-order valence-corrected chi connectivity index (χ0v) is 13.3. The molecule has 0 unspecified atom stereocenters. The topological polar surface area (TPSA) is 40.5 Å². The molecule has 3 heteroatoms. The monoisotopic (exact) mass is 283 g/mol. The van der Waals surface area contributed by atoms with Gasteiger partial charge in [-0.25, -0.2) is 0 Å². The zero-order chi connectivity index (χ0) is 14.6. The van der Waals surface area contributed by atoms with Crippen LogP contribution < -0.4 is 0 Å². The summed E-state index contributed by atoms with van der Waals surface area (Å²) in [4.78, 5) is 13.2. The van der Waals surface area contributed by atoms with Crippen molar-refractivity contribution in [2.75, 3.05) is 13.1 Å². The van der Waals surface area contributed by atoms with Crippen LogP contribution in [0.4, 0.5) is 0 Å². The summed E-state index contributed by atoms with van der Waals surface area (Å²) >= 11 is 0. The van der Waals surface area contributed by atoms with Gasteiger partial charge in [0.05, 0.1) is 6.42 Å². The second kappa shape index (κ2) is 11.1. The van der Waals surface area contributed by atoms with Crippen LogP contribution in [0.2, 0.25) is 0 Å². The standard InChI is InChI=1S/C17H33NO2/c1-2-18(15-14-17(19)20)16-12-10-8-6-4-3-5-7-9-11-13-16/h16H,2-15H2,1H3,(H,19,20). The Morgan fingerprint density at radius 2 is 1.40 bits per heavy atom. The molecular weight excluding hydrogens is 250 g/mol. The van der Waals surface area contributed by atoms with Crippen LogP contribution in [0.25, 0.3) is 0 Å². The van der Waals surface area contributed by atoms with Gasteiger partial charge in [-0.2, -0.15) is 0 Å². The third kappa shape index (κ3) is 7.88. The van der Waals surface area contributed by atoms with Gasteiger partial charge in [0.25, 0.3) is 0 Å². The minimum atomic E-state index is -0.670. The Kier molecular flexibility index (Phi) is 9.73. The molecule has 0 aromatic rings. The van der Waals surface area contributed by atoms with Gasteiger partial charge in [-0.15, -0.1) is 0 Å². The van der Waals surface area contributed by atoms with Crippen LogP contribution in [0.15, 0.2) is 0 Å². The quantitative estimate of drug-likeness (QED) is 0.810. The van der Waals surface area contributed by atoms with Crippen molar-refractivity contribution in [3.63, 3.8) is 0 Å². The summed E-state index contributed by atoms with van der Waals surface area (Å²) in [5, 5.41) is 8.88. The highest BCUT2D eigenvalue weighted by Crippen LogP contribution is 2.20. The molecule has 1 saturated carbocycles. The first kappa shape index (κ1) is 17.5. The highest BCUT2D eigenvalue weighted by atomic mass is 16.4. The Morgan fingerprint density at radius 3 is 1.80 bits per heavy atom. The summed E-state index contributed by atoms with van der Waals surface area (Å²) in [5.41, 5.74) is 0. The highest BCUT2D eigenvalue weighted by Gasteiger charge is 2.17. The highest BCUT2D eigenvalue weighted by molar-refractivity contribution is 5.66. The van der Waals surface area contributed by atoms with E-state index >= 15 is 0 Å². The number of rotatable bonds is 5. The molecule has 1 aliphatic rings. The van der Waals surface area contributed by atoms with E-state index in [1.54, 1.807) is 0 Å². The second-order valence-corrected chi connectivity index (χ2v) is 6.19. The maximum absolute atomic E-state index is 10.8. The number of hydrogen-bond acceptors (Lipinski definition) is 2. The maximum atomic E-state index is 10.8. The van der Waals surface area contributed by atoms with Crippen LogP contribution >= 0.6 is 0 Å². The number of carboxylic acid groups (broad SMARTS) is 1. The molecule has 3 nitrogen and oxygen atoms in total. The molecule has 1 rings (SSSR count). The molecule has 118 valence electrons. The van der Waals surface area contributed by atoms with Gasteiger partial charge in [0.1, 0.15) is 0 Å². The first-order chi connectivity index (χ1) is 9.74. The third-order valence-corrected chi connectivity index (χ3v) is 4.61. The van der Waals surface area contributed by atoms with Crippen LogP contribution in [-0.4, -0.2) is 35.1 Å². The smallest absolute Gasteiger partial charge is 0.304 e. The molecule has 0 saturated heterocycles. The molecule has 0 aliphatic heterocycles. The number of nitrogens with zero attached hydrogens (tertiary/aromatic N) is 1. The number of carboxylic acids is 1. The number of aliphatic carboxylic acids is 1. The Balaban J connectivity index is 2.44. The van der Waals surface area contributed by atoms with E-state index in [1.165, 1.54) is 70.6 Å². The van der Waals surface area contributed by atoms with Crippen LogP contribution in [0.3, 0.4) is 0 Å². The van der Waals surface area contributed by atoms with Gasteiger partial charge in [-0.1, -0.05) is 64.7 Å². The summed E-state index contributed by atoms with van der Waals surface area (Å²) < 4.78 is 0. The van der Waals surface area contributed by atoms with E-state index in [0.717, 1.165) is 13.1 Å². The Bertz CT molecular complexity index is 243. The lowest BCUT2D eigenvalue weighted by molar-refractivity contribution is -0.137. The SMILES string of the molecule is CCN(CCC(=O)O)C1CCCCCCCCCCC1. The van der Waals surface area contributed by atoms with Gasteiger partial charge in [0, 0.05) is 12.6 Å². The van der Waals surface area contributed by atoms with Gasteiger partial charge in [-0.3, -0.25) is 4.79 Å². The Labute approximate surface area is 124 Å². The molecule has 0 atom stereocenters. The summed E-state index contributed by atoms with van der Waals surface area (Å²) in [6, 6.07) is 0.610. The summed E-state index contributed by atoms with van der Waals surface area (Å²) in [6.45, 7) is 3.87. The fraction of sp³-hybridized carbons (Fsp3) is 0.941. The molecule has 1 fully saturated rings. The van der Waals surface area contributed by atoms with Crippen molar-refractivity contribution in [2.24, 2.45) is 0 Å². The van der Waals surface area contributed by atoms with Gasteiger partial charge < -0.3 is 10.0 Å². The van der Waals surface area contributed by atoms with Crippen LogP contribution in [0.1, 0.15) is 84.0 Å². The molecule has 0 spiro atoms. The van der Waals surface area contributed by atoms with Gasteiger partial charge >= 0.3 is 5.97 Å². The Hall–Kier alpha value is -0.570. The van der Waals surface area contributed by atoms with Gasteiger partial charge in [-0.05, 0) is 19.4 Å². The molecule has 0 aromatic heterocycles. The maximum Gasteiger partial charge on any atom is 0.304 e. The van der Waals surface area contributed by atoms with Crippen molar-refractivity contribution in [3.05, 3.63) is 0 Å². The fourth-order valence-corrected chi connectivity index (χ4v) is 3.34. The average molecular weight is 283 g/mol. The molecule has 1 aliphatic carbocycles. The minimum Gasteiger partial charge on any atom is -0.481 e. The van der Waals surface area contributed by atoms with Crippen molar-refractivity contribution >= 4 is 5.97 Å². The van der Waals surface area contributed by atoms with E-state index in [0.29, 0.717) is 6.04 Å². The summed E-state index contributed by atoms with van der Waals surface area (Å²) in [7, 11) is 0. The lowest BCUT2D eigenvalue weighted by atomic mass is 9.97. The predicted octanol–water partition coefficient (Wildman–Crippen LogP) is 4.46. The normalized spacial score (nSPS) is 20.3. The van der Waals surface area contributed by atoms with Crippen molar-refractivity contribution in [1.82, 2.24) is 4.90 Å². The molecule has 20 heavy (non-hydrogen) atoms. The average Bonchev–Trinajstić information content (AvgIpc) is 2.41. The van der Waals surface area contributed by atoms with Crippen LogP contribution in [0, 0.1) is 0 Å². The molecule has 1 N–H and O–H groups in total. The van der Waals surface area contributed by atoms with Gasteiger partial charge in [0.15, 0.2) is 0 Å². The van der Waals surface area contributed by atoms with Crippen LogP contribution in [-0.2, 0) is 4.79 Å². The predicted molar refractivity (Wildman–Crippen MR) is 84.1 cm³/mol. The second-order valence-electron chi connectivity index (χ2n) is 6.19. The summed E-state index contributed by atoms with van der Waals surface area (Å²) in [5.74, 6) is -0.670. The van der Waals surface area contributed by atoms with Crippen molar-refractivity contribution in [1.29, 1.82) is 0 Å². The van der Waals surface area contributed by atoms with Crippen molar-refractivity contribution < 1.29 is 9.90 Å². The van der Waals surface area contributed by atoms with Crippen molar-refractivity contribution in [2.45, 2.75) is 90.0 Å². The lowest BCUT2D eigenvalue weighted by Gasteiger charge is -2.31. The zero-order valence-electron chi connectivity index (χ0n) is 13.3. The molecule has 0 amide bonds. The number of carbonyl (C=O) groups is 1. The lowest BCUT2D eigenvalue weighted by Crippen LogP contribution is -2.36. The largest absolute Gasteiger partial charge is 0.481 e. The molecule has 0 heterocycles. The molecule has 0 bridgehead atoms.